The van der Waals surface area contributed by atoms with Crippen molar-refractivity contribution in [1.82, 2.24) is 15.5 Å². The summed E-state index contributed by atoms with van der Waals surface area (Å²) in [4.78, 5) is 6.93. The Bertz CT molecular complexity index is 595. The van der Waals surface area contributed by atoms with Crippen LogP contribution in [0, 0.1) is 5.82 Å². The van der Waals surface area contributed by atoms with Gasteiger partial charge >= 0.3 is 0 Å². The third-order valence-corrected chi connectivity index (χ3v) is 5.68. The van der Waals surface area contributed by atoms with Crippen LogP contribution in [0.3, 0.4) is 0 Å². The van der Waals surface area contributed by atoms with E-state index in [2.05, 4.69) is 20.5 Å². The molecule has 1 aromatic carbocycles. The monoisotopic (exact) mass is 362 g/mol. The first kappa shape index (κ1) is 19.1. The van der Waals surface area contributed by atoms with Crippen molar-refractivity contribution in [3.8, 4) is 0 Å². The highest BCUT2D eigenvalue weighted by Gasteiger charge is 2.38. The van der Waals surface area contributed by atoms with Crippen LogP contribution in [0.5, 0.6) is 0 Å². The van der Waals surface area contributed by atoms with E-state index in [9.17, 15) is 4.39 Å². The van der Waals surface area contributed by atoms with Gasteiger partial charge in [-0.25, -0.2) is 4.39 Å². The minimum atomic E-state index is -0.187. The Hall–Kier alpha value is -1.66. The van der Waals surface area contributed by atoms with Gasteiger partial charge in [0, 0.05) is 44.3 Å². The summed E-state index contributed by atoms with van der Waals surface area (Å²) in [6.07, 6.45) is 6.31. The molecule has 0 aromatic heterocycles. The molecule has 1 saturated carbocycles. The Morgan fingerprint density at radius 1 is 1.15 bits per heavy atom. The average molecular weight is 362 g/mol. The summed E-state index contributed by atoms with van der Waals surface area (Å²) < 4.78 is 19.4. The molecule has 0 unspecified atom stereocenters. The Kier molecular flexibility index (Phi) is 6.86. The maximum atomic E-state index is 13.8. The molecule has 1 aromatic rings. The molecule has 1 saturated heterocycles. The van der Waals surface area contributed by atoms with Gasteiger partial charge in [-0.05, 0) is 18.9 Å². The molecule has 6 heteroatoms. The summed E-state index contributed by atoms with van der Waals surface area (Å²) in [5, 5.41) is 6.74. The molecular weight excluding hydrogens is 331 g/mol. The zero-order valence-corrected chi connectivity index (χ0v) is 15.8. The highest BCUT2D eigenvalue weighted by molar-refractivity contribution is 5.79. The normalized spacial score (nSPS) is 21.4. The smallest absolute Gasteiger partial charge is 0.191 e. The van der Waals surface area contributed by atoms with Gasteiger partial charge in [0.2, 0.25) is 0 Å². The van der Waals surface area contributed by atoms with Crippen LogP contribution >= 0.6 is 0 Å². The molecule has 2 N–H and O–H groups in total. The Balaban J connectivity index is 1.58. The van der Waals surface area contributed by atoms with Crippen LogP contribution in [0.2, 0.25) is 0 Å². The van der Waals surface area contributed by atoms with Crippen molar-refractivity contribution in [3.05, 3.63) is 35.6 Å². The topological polar surface area (TPSA) is 48.9 Å². The summed E-state index contributed by atoms with van der Waals surface area (Å²) in [6, 6.07) is 6.85. The number of guanidine groups is 1. The van der Waals surface area contributed by atoms with Gasteiger partial charge in [0.15, 0.2) is 5.96 Å². The maximum Gasteiger partial charge on any atom is 0.191 e. The highest BCUT2D eigenvalue weighted by atomic mass is 19.1. The molecule has 0 spiro atoms. The fourth-order valence-electron chi connectivity index (χ4n) is 4.14. The second-order valence-corrected chi connectivity index (χ2v) is 7.26. The average Bonchev–Trinajstić information content (AvgIpc) is 2.71. The van der Waals surface area contributed by atoms with Crippen molar-refractivity contribution in [2.45, 2.75) is 44.2 Å². The van der Waals surface area contributed by atoms with E-state index < -0.39 is 0 Å². The van der Waals surface area contributed by atoms with Gasteiger partial charge in [-0.3, -0.25) is 9.89 Å². The minimum absolute atomic E-state index is 0.178. The largest absolute Gasteiger partial charge is 0.379 e. The first-order valence-corrected chi connectivity index (χ1v) is 9.74. The number of aliphatic imine (C=N–C) groups is 1. The SMILES string of the molecule is CN=C(NCc1ccccc1F)NCC1(N2CCOCC2)CCCCC1. The minimum Gasteiger partial charge on any atom is -0.379 e. The van der Waals surface area contributed by atoms with Crippen LogP contribution < -0.4 is 10.6 Å². The molecule has 5 nitrogen and oxygen atoms in total. The number of hydrogen-bond donors (Lipinski definition) is 2. The molecule has 2 fully saturated rings. The number of rotatable bonds is 5. The molecule has 1 aliphatic heterocycles. The predicted molar refractivity (Wildman–Crippen MR) is 103 cm³/mol. The van der Waals surface area contributed by atoms with E-state index >= 15 is 0 Å². The van der Waals surface area contributed by atoms with Crippen LogP contribution in [0.4, 0.5) is 4.39 Å². The van der Waals surface area contributed by atoms with Gasteiger partial charge in [-0.15, -0.1) is 0 Å². The van der Waals surface area contributed by atoms with Crippen molar-refractivity contribution in [3.63, 3.8) is 0 Å². The van der Waals surface area contributed by atoms with Gasteiger partial charge in [-0.2, -0.15) is 0 Å². The van der Waals surface area contributed by atoms with Gasteiger partial charge < -0.3 is 15.4 Å². The van der Waals surface area contributed by atoms with Crippen LogP contribution in [-0.2, 0) is 11.3 Å². The van der Waals surface area contributed by atoms with Crippen LogP contribution in [0.15, 0.2) is 29.3 Å². The molecule has 3 rings (SSSR count). The second-order valence-electron chi connectivity index (χ2n) is 7.26. The number of nitrogens with one attached hydrogen (secondary N) is 2. The quantitative estimate of drug-likeness (QED) is 0.624. The lowest BCUT2D eigenvalue weighted by atomic mass is 9.80. The standard InChI is InChI=1S/C20H31FN4O/c1-22-19(23-15-17-7-3-4-8-18(17)21)24-16-20(9-5-2-6-10-20)25-11-13-26-14-12-25/h3-4,7-8H,2,5-6,9-16H2,1H3,(H2,22,23,24). The van der Waals surface area contributed by atoms with E-state index in [0.29, 0.717) is 12.1 Å². The Morgan fingerprint density at radius 3 is 2.58 bits per heavy atom. The first-order valence-electron chi connectivity index (χ1n) is 9.74. The van der Waals surface area contributed by atoms with Crippen molar-refractivity contribution < 1.29 is 9.13 Å². The van der Waals surface area contributed by atoms with E-state index in [-0.39, 0.29) is 11.4 Å². The van der Waals surface area contributed by atoms with E-state index in [1.807, 2.05) is 6.07 Å². The number of ether oxygens (including phenoxy) is 1. The summed E-state index contributed by atoms with van der Waals surface area (Å²) in [5.41, 5.74) is 0.827. The zero-order chi connectivity index (χ0) is 18.2. The molecule has 1 aliphatic carbocycles. The van der Waals surface area contributed by atoms with E-state index in [0.717, 1.165) is 38.8 Å². The van der Waals surface area contributed by atoms with Crippen molar-refractivity contribution >= 4 is 5.96 Å². The summed E-state index contributed by atoms with van der Waals surface area (Å²) >= 11 is 0. The van der Waals surface area contributed by atoms with E-state index in [1.54, 1.807) is 19.2 Å². The lowest BCUT2D eigenvalue weighted by Gasteiger charge is -2.48. The summed E-state index contributed by atoms with van der Waals surface area (Å²) in [5.74, 6) is 0.541. The predicted octanol–water partition coefficient (Wildman–Crippen LogP) is 2.53. The molecule has 26 heavy (non-hydrogen) atoms. The van der Waals surface area contributed by atoms with Crippen molar-refractivity contribution in [1.29, 1.82) is 0 Å². The van der Waals surface area contributed by atoms with Crippen molar-refractivity contribution in [2.75, 3.05) is 39.9 Å². The van der Waals surface area contributed by atoms with Crippen LogP contribution in [0.25, 0.3) is 0 Å². The fourth-order valence-corrected chi connectivity index (χ4v) is 4.14. The fraction of sp³-hybridized carbons (Fsp3) is 0.650. The highest BCUT2D eigenvalue weighted by Crippen LogP contribution is 2.33. The Labute approximate surface area is 156 Å². The first-order chi connectivity index (χ1) is 12.7. The van der Waals surface area contributed by atoms with Gasteiger partial charge in [0.05, 0.1) is 13.2 Å². The zero-order valence-electron chi connectivity index (χ0n) is 15.8. The molecule has 2 aliphatic rings. The third-order valence-electron chi connectivity index (χ3n) is 5.68. The molecule has 0 radical (unpaired) electrons. The van der Waals surface area contributed by atoms with Crippen molar-refractivity contribution in [2.24, 2.45) is 4.99 Å². The van der Waals surface area contributed by atoms with Gasteiger partial charge in [-0.1, -0.05) is 37.5 Å². The number of benzene rings is 1. The third kappa shape index (κ3) is 4.74. The van der Waals surface area contributed by atoms with E-state index in [4.69, 9.17) is 4.74 Å². The van der Waals surface area contributed by atoms with Crippen LogP contribution in [-0.4, -0.2) is 56.3 Å². The lowest BCUT2D eigenvalue weighted by molar-refractivity contribution is -0.0352. The summed E-state index contributed by atoms with van der Waals surface area (Å²) in [6.45, 7) is 4.94. The molecule has 0 atom stereocenters. The van der Waals surface area contributed by atoms with Gasteiger partial charge in [0.25, 0.3) is 0 Å². The molecule has 0 bridgehead atoms. The van der Waals surface area contributed by atoms with Crippen LogP contribution in [0.1, 0.15) is 37.7 Å². The maximum absolute atomic E-state index is 13.8. The molecule has 0 amide bonds. The summed E-state index contributed by atoms with van der Waals surface area (Å²) in [7, 11) is 1.76. The molecular formula is C20H31FN4O. The molecule has 1 heterocycles. The number of nitrogens with zero attached hydrogens (tertiary/aromatic N) is 2. The number of halogens is 1. The number of morpholine rings is 1. The Morgan fingerprint density at radius 2 is 1.88 bits per heavy atom. The molecule has 144 valence electrons. The van der Waals surface area contributed by atoms with E-state index in [1.165, 1.54) is 38.2 Å². The number of hydrogen-bond acceptors (Lipinski definition) is 3. The lowest BCUT2D eigenvalue weighted by Crippen LogP contribution is -2.60. The second kappa shape index (κ2) is 9.33. The van der Waals surface area contributed by atoms with Gasteiger partial charge in [0.1, 0.15) is 5.82 Å².